The van der Waals surface area contributed by atoms with E-state index in [0.29, 0.717) is 17.6 Å². The summed E-state index contributed by atoms with van der Waals surface area (Å²) >= 11 is 0. The summed E-state index contributed by atoms with van der Waals surface area (Å²) in [7, 11) is 0. The molecule has 76 valence electrons. The number of hydrogen-bond acceptors (Lipinski definition) is 3. The summed E-state index contributed by atoms with van der Waals surface area (Å²) in [5.74, 6) is -1.03. The quantitative estimate of drug-likeness (QED) is 0.540. The average Bonchev–Trinajstić information content (AvgIpc) is 2.47. The lowest BCUT2D eigenvalue weighted by atomic mass is 10.0. The highest BCUT2D eigenvalue weighted by Gasteiger charge is 2.29. The highest BCUT2D eigenvalue weighted by molar-refractivity contribution is 6.12. The van der Waals surface area contributed by atoms with Gasteiger partial charge in [-0.15, -0.1) is 0 Å². The van der Waals surface area contributed by atoms with Crippen LogP contribution in [0.25, 0.3) is 0 Å². The van der Waals surface area contributed by atoms with Crippen molar-refractivity contribution >= 4 is 11.9 Å². The molecule has 1 aromatic rings. The number of rotatable bonds is 2. The van der Waals surface area contributed by atoms with E-state index in [4.69, 9.17) is 0 Å². The van der Waals surface area contributed by atoms with Gasteiger partial charge < -0.3 is 4.74 Å². The lowest BCUT2D eigenvalue weighted by molar-refractivity contribution is -0.151. The number of benzene rings is 1. The molecule has 1 heterocycles. The molecule has 1 aliphatic rings. The summed E-state index contributed by atoms with van der Waals surface area (Å²) in [6.07, 6.45) is 0.456. The zero-order valence-electron chi connectivity index (χ0n) is 8.32. The highest BCUT2D eigenvalue weighted by Crippen LogP contribution is 2.20. The van der Waals surface area contributed by atoms with E-state index in [1.165, 1.54) is 0 Å². The molecule has 0 saturated heterocycles. The van der Waals surface area contributed by atoms with Crippen molar-refractivity contribution in [2.75, 3.05) is 0 Å². The summed E-state index contributed by atoms with van der Waals surface area (Å²) < 4.78 is 4.51. The maximum absolute atomic E-state index is 11.3. The Hall–Kier alpha value is -1.90. The standard InChI is InChI=1S/C12H10O3/c1-8-10(12(14)15-11(8)13)7-9-5-3-2-4-6-9/h2-6H,7H2,1H3. The summed E-state index contributed by atoms with van der Waals surface area (Å²) in [5, 5.41) is 0. The minimum atomic E-state index is -0.522. The van der Waals surface area contributed by atoms with Crippen LogP contribution in [0.5, 0.6) is 0 Å². The van der Waals surface area contributed by atoms with E-state index in [1.807, 2.05) is 30.3 Å². The molecule has 0 aliphatic carbocycles. The van der Waals surface area contributed by atoms with Crippen LogP contribution in [0.4, 0.5) is 0 Å². The van der Waals surface area contributed by atoms with Crippen molar-refractivity contribution in [1.29, 1.82) is 0 Å². The van der Waals surface area contributed by atoms with Crippen LogP contribution in [0.15, 0.2) is 41.5 Å². The largest absolute Gasteiger partial charge is 0.386 e. The maximum atomic E-state index is 11.3. The van der Waals surface area contributed by atoms with E-state index in [-0.39, 0.29) is 0 Å². The second-order valence-corrected chi connectivity index (χ2v) is 3.44. The zero-order valence-corrected chi connectivity index (χ0v) is 8.32. The van der Waals surface area contributed by atoms with Gasteiger partial charge in [0.05, 0.1) is 5.57 Å². The van der Waals surface area contributed by atoms with Gasteiger partial charge in [-0.1, -0.05) is 30.3 Å². The minimum absolute atomic E-state index is 0.420. The van der Waals surface area contributed by atoms with E-state index in [1.54, 1.807) is 6.92 Å². The molecule has 0 saturated carbocycles. The van der Waals surface area contributed by atoms with Crippen molar-refractivity contribution in [3.63, 3.8) is 0 Å². The Labute approximate surface area is 87.4 Å². The van der Waals surface area contributed by atoms with Gasteiger partial charge in [0.15, 0.2) is 0 Å². The van der Waals surface area contributed by atoms with Gasteiger partial charge in [0.25, 0.3) is 0 Å². The Morgan fingerprint density at radius 3 is 2.27 bits per heavy atom. The monoisotopic (exact) mass is 202 g/mol. The molecule has 0 unspecified atom stereocenters. The summed E-state index contributed by atoms with van der Waals surface area (Å²) in [4.78, 5) is 22.4. The number of hydrogen-bond donors (Lipinski definition) is 0. The fourth-order valence-corrected chi connectivity index (χ4v) is 1.50. The first-order chi connectivity index (χ1) is 7.18. The number of esters is 2. The Morgan fingerprint density at radius 1 is 1.07 bits per heavy atom. The molecule has 0 bridgehead atoms. The van der Waals surface area contributed by atoms with Crippen LogP contribution in [-0.4, -0.2) is 11.9 Å². The van der Waals surface area contributed by atoms with Gasteiger partial charge in [0, 0.05) is 12.0 Å². The van der Waals surface area contributed by atoms with Gasteiger partial charge in [0.2, 0.25) is 0 Å². The lowest BCUT2D eigenvalue weighted by Gasteiger charge is -1.99. The first kappa shape index (κ1) is 9.65. The maximum Gasteiger partial charge on any atom is 0.342 e. The van der Waals surface area contributed by atoms with Gasteiger partial charge in [-0.3, -0.25) is 0 Å². The lowest BCUT2D eigenvalue weighted by Crippen LogP contribution is -2.03. The van der Waals surface area contributed by atoms with Crippen LogP contribution in [0.2, 0.25) is 0 Å². The zero-order chi connectivity index (χ0) is 10.8. The van der Waals surface area contributed by atoms with Gasteiger partial charge in [-0.25, -0.2) is 9.59 Å². The van der Waals surface area contributed by atoms with Crippen LogP contribution >= 0.6 is 0 Å². The predicted molar refractivity (Wildman–Crippen MR) is 53.9 cm³/mol. The smallest absolute Gasteiger partial charge is 0.342 e. The van der Waals surface area contributed by atoms with Crippen molar-refractivity contribution in [3.05, 3.63) is 47.0 Å². The summed E-state index contributed by atoms with van der Waals surface area (Å²) in [6.45, 7) is 1.62. The number of carbonyl (C=O) groups is 2. The molecule has 3 heteroatoms. The molecule has 0 N–H and O–H groups in total. The first-order valence-corrected chi connectivity index (χ1v) is 4.68. The summed E-state index contributed by atoms with van der Waals surface area (Å²) in [6, 6.07) is 9.52. The Balaban J connectivity index is 2.27. The topological polar surface area (TPSA) is 43.4 Å². The van der Waals surface area contributed by atoms with Crippen LogP contribution in [0.3, 0.4) is 0 Å². The average molecular weight is 202 g/mol. The highest BCUT2D eigenvalue weighted by atomic mass is 16.6. The second-order valence-electron chi connectivity index (χ2n) is 3.44. The Bertz CT molecular complexity index is 443. The molecular weight excluding hydrogens is 192 g/mol. The number of carbonyl (C=O) groups excluding carboxylic acids is 2. The van der Waals surface area contributed by atoms with Crippen LogP contribution in [0, 0.1) is 0 Å². The molecule has 0 spiro atoms. The predicted octanol–water partition coefficient (Wildman–Crippen LogP) is 1.63. The minimum Gasteiger partial charge on any atom is -0.386 e. The molecule has 2 rings (SSSR count). The van der Waals surface area contributed by atoms with Gasteiger partial charge in [0.1, 0.15) is 0 Å². The van der Waals surface area contributed by atoms with Crippen molar-refractivity contribution in [2.45, 2.75) is 13.3 Å². The SMILES string of the molecule is CC1=C(Cc2ccccc2)C(=O)OC1=O. The molecular formula is C12H10O3. The second kappa shape index (κ2) is 3.69. The van der Waals surface area contributed by atoms with E-state index in [2.05, 4.69) is 4.74 Å². The van der Waals surface area contributed by atoms with E-state index in [0.717, 1.165) is 5.56 Å². The van der Waals surface area contributed by atoms with Crippen molar-refractivity contribution in [2.24, 2.45) is 0 Å². The van der Waals surface area contributed by atoms with E-state index in [9.17, 15) is 9.59 Å². The molecule has 0 aromatic heterocycles. The van der Waals surface area contributed by atoms with Crippen LogP contribution < -0.4 is 0 Å². The van der Waals surface area contributed by atoms with Gasteiger partial charge >= 0.3 is 11.9 Å². The summed E-state index contributed by atoms with van der Waals surface area (Å²) in [5.41, 5.74) is 1.88. The fourth-order valence-electron chi connectivity index (χ4n) is 1.50. The van der Waals surface area contributed by atoms with Crippen LogP contribution in [0.1, 0.15) is 12.5 Å². The van der Waals surface area contributed by atoms with E-state index >= 15 is 0 Å². The molecule has 1 aromatic carbocycles. The van der Waals surface area contributed by atoms with Gasteiger partial charge in [-0.05, 0) is 12.5 Å². The first-order valence-electron chi connectivity index (χ1n) is 4.68. The number of cyclic esters (lactones) is 2. The third-order valence-corrected chi connectivity index (χ3v) is 2.41. The van der Waals surface area contributed by atoms with E-state index < -0.39 is 11.9 Å². The molecule has 0 amide bonds. The fraction of sp³-hybridized carbons (Fsp3) is 0.167. The molecule has 0 atom stereocenters. The van der Waals surface area contributed by atoms with Crippen molar-refractivity contribution in [1.82, 2.24) is 0 Å². The Kier molecular flexibility index (Phi) is 2.37. The third-order valence-electron chi connectivity index (χ3n) is 2.41. The number of ether oxygens (including phenoxy) is 1. The van der Waals surface area contributed by atoms with Crippen molar-refractivity contribution in [3.8, 4) is 0 Å². The molecule has 15 heavy (non-hydrogen) atoms. The van der Waals surface area contributed by atoms with Gasteiger partial charge in [-0.2, -0.15) is 0 Å². The third kappa shape index (κ3) is 1.81. The molecule has 3 nitrogen and oxygen atoms in total. The Morgan fingerprint density at radius 2 is 1.73 bits per heavy atom. The molecule has 0 fully saturated rings. The normalized spacial score (nSPS) is 15.8. The van der Waals surface area contributed by atoms with Crippen molar-refractivity contribution < 1.29 is 14.3 Å². The molecule has 0 radical (unpaired) electrons. The van der Waals surface area contributed by atoms with Crippen LogP contribution in [-0.2, 0) is 20.7 Å². The molecule has 1 aliphatic heterocycles.